The molecule has 1 aliphatic rings. The van der Waals surface area contributed by atoms with Crippen molar-refractivity contribution in [2.45, 2.75) is 16.1 Å². The number of carbonyl (C=O) groups is 1. The summed E-state index contributed by atoms with van der Waals surface area (Å²) in [6.07, 6.45) is 1.42. The largest absolute Gasteiger partial charge is 0.324 e. The van der Waals surface area contributed by atoms with E-state index in [1.807, 2.05) is 0 Å². The maximum absolute atomic E-state index is 11.5. The highest BCUT2D eigenvalue weighted by atomic mass is 35.5. The molecule has 4 N–H and O–H groups in total. The minimum Gasteiger partial charge on any atom is -0.324 e. The SMILES string of the molecule is NC1C(=O)Nc2cc(Sc3nccc(=O)[nH]3)c(Cl)cc21. The Bertz CT molecular complexity index is 761. The van der Waals surface area contributed by atoms with Gasteiger partial charge in [-0.1, -0.05) is 23.4 Å². The van der Waals surface area contributed by atoms with Crippen molar-refractivity contribution >= 4 is 35.0 Å². The minimum absolute atomic E-state index is 0.241. The number of anilines is 1. The Labute approximate surface area is 122 Å². The quantitative estimate of drug-likeness (QED) is 0.730. The fourth-order valence-electron chi connectivity index (χ4n) is 1.87. The number of aromatic nitrogens is 2. The Morgan fingerprint density at radius 2 is 2.15 bits per heavy atom. The molecule has 0 spiro atoms. The van der Waals surface area contributed by atoms with Crippen LogP contribution < -0.4 is 16.6 Å². The molecule has 1 aliphatic heterocycles. The van der Waals surface area contributed by atoms with Gasteiger partial charge in [0.25, 0.3) is 5.56 Å². The van der Waals surface area contributed by atoms with E-state index < -0.39 is 6.04 Å². The van der Waals surface area contributed by atoms with E-state index in [-0.39, 0.29) is 11.5 Å². The van der Waals surface area contributed by atoms with E-state index >= 15 is 0 Å². The molecule has 1 aromatic heterocycles. The number of H-pyrrole nitrogens is 1. The Balaban J connectivity index is 1.98. The van der Waals surface area contributed by atoms with Crippen molar-refractivity contribution < 1.29 is 4.79 Å². The smallest absolute Gasteiger partial charge is 0.251 e. The van der Waals surface area contributed by atoms with Crippen molar-refractivity contribution in [1.82, 2.24) is 9.97 Å². The number of carbonyl (C=O) groups excluding carboxylic acids is 1. The second kappa shape index (κ2) is 4.93. The van der Waals surface area contributed by atoms with Crippen molar-refractivity contribution in [1.29, 1.82) is 0 Å². The molecule has 0 fully saturated rings. The van der Waals surface area contributed by atoms with Crippen LogP contribution in [0.2, 0.25) is 5.02 Å². The lowest BCUT2D eigenvalue weighted by atomic mass is 10.1. The number of hydrogen-bond donors (Lipinski definition) is 3. The third-order valence-electron chi connectivity index (χ3n) is 2.83. The average Bonchev–Trinajstić information content (AvgIpc) is 2.66. The standard InChI is InChI=1S/C12H9ClN4O2S/c13-6-3-5-7(16-11(19)10(5)14)4-8(6)20-12-15-2-1-9(18)17-12/h1-4,10H,14H2,(H,16,19)(H,15,17,18). The molecule has 1 atom stereocenters. The van der Waals surface area contributed by atoms with E-state index in [1.165, 1.54) is 24.0 Å². The molecule has 1 unspecified atom stereocenters. The highest BCUT2D eigenvalue weighted by molar-refractivity contribution is 7.99. The number of nitrogens with one attached hydrogen (secondary N) is 2. The van der Waals surface area contributed by atoms with Gasteiger partial charge in [-0.25, -0.2) is 4.98 Å². The predicted molar refractivity (Wildman–Crippen MR) is 76.0 cm³/mol. The first-order valence-corrected chi connectivity index (χ1v) is 6.87. The number of nitrogens with two attached hydrogens (primary N) is 1. The number of aromatic amines is 1. The zero-order chi connectivity index (χ0) is 14.3. The van der Waals surface area contributed by atoms with Gasteiger partial charge in [-0.2, -0.15) is 0 Å². The van der Waals surface area contributed by atoms with Crippen molar-refractivity contribution in [3.63, 3.8) is 0 Å². The van der Waals surface area contributed by atoms with Gasteiger partial charge in [0, 0.05) is 28.4 Å². The molecule has 102 valence electrons. The van der Waals surface area contributed by atoms with E-state index in [4.69, 9.17) is 17.3 Å². The molecule has 20 heavy (non-hydrogen) atoms. The molecule has 0 saturated carbocycles. The van der Waals surface area contributed by atoms with Crippen LogP contribution in [0, 0.1) is 0 Å². The fraction of sp³-hybridized carbons (Fsp3) is 0.0833. The average molecular weight is 309 g/mol. The summed E-state index contributed by atoms with van der Waals surface area (Å²) >= 11 is 7.38. The number of rotatable bonds is 2. The first-order chi connectivity index (χ1) is 9.54. The summed E-state index contributed by atoms with van der Waals surface area (Å²) in [5.74, 6) is -0.260. The number of halogens is 1. The van der Waals surface area contributed by atoms with Crippen molar-refractivity contribution in [3.8, 4) is 0 Å². The lowest BCUT2D eigenvalue weighted by molar-refractivity contribution is -0.116. The molecule has 0 radical (unpaired) electrons. The molecule has 8 heteroatoms. The Hall–Kier alpha value is -1.83. The van der Waals surface area contributed by atoms with Gasteiger partial charge in [-0.3, -0.25) is 9.59 Å². The van der Waals surface area contributed by atoms with Gasteiger partial charge in [-0.15, -0.1) is 0 Å². The highest BCUT2D eigenvalue weighted by Gasteiger charge is 2.28. The summed E-state index contributed by atoms with van der Waals surface area (Å²) in [6.45, 7) is 0. The summed E-state index contributed by atoms with van der Waals surface area (Å²) in [5, 5.41) is 3.56. The lowest BCUT2D eigenvalue weighted by Crippen LogP contribution is -2.19. The summed E-state index contributed by atoms with van der Waals surface area (Å²) in [7, 11) is 0. The van der Waals surface area contributed by atoms with E-state index in [0.717, 1.165) is 0 Å². The molecular weight excluding hydrogens is 300 g/mol. The van der Waals surface area contributed by atoms with E-state index in [0.29, 0.717) is 26.3 Å². The second-order valence-corrected chi connectivity index (χ2v) is 5.62. The Morgan fingerprint density at radius 3 is 2.90 bits per heavy atom. The van der Waals surface area contributed by atoms with Gasteiger partial charge in [0.1, 0.15) is 6.04 Å². The van der Waals surface area contributed by atoms with Gasteiger partial charge in [0.2, 0.25) is 5.91 Å². The van der Waals surface area contributed by atoms with E-state index in [2.05, 4.69) is 15.3 Å². The molecule has 3 rings (SSSR count). The van der Waals surface area contributed by atoms with Crippen LogP contribution in [-0.2, 0) is 4.79 Å². The summed E-state index contributed by atoms with van der Waals surface area (Å²) in [5.41, 5.74) is 6.80. The lowest BCUT2D eigenvalue weighted by Gasteiger charge is -2.07. The summed E-state index contributed by atoms with van der Waals surface area (Å²) < 4.78 is 0. The predicted octanol–water partition coefficient (Wildman–Crippen LogP) is 1.53. The number of amides is 1. The molecule has 1 amide bonds. The van der Waals surface area contributed by atoms with Crippen molar-refractivity contribution in [3.05, 3.63) is 45.3 Å². The minimum atomic E-state index is -0.698. The van der Waals surface area contributed by atoms with Crippen LogP contribution in [0.1, 0.15) is 11.6 Å². The third kappa shape index (κ3) is 2.31. The molecule has 2 aromatic rings. The summed E-state index contributed by atoms with van der Waals surface area (Å²) in [6, 6.07) is 4.01. The third-order valence-corrected chi connectivity index (χ3v) is 4.22. The second-order valence-electron chi connectivity index (χ2n) is 4.18. The first kappa shape index (κ1) is 13.2. The molecule has 0 aliphatic carbocycles. The van der Waals surface area contributed by atoms with Crippen LogP contribution in [0.3, 0.4) is 0 Å². The number of hydrogen-bond acceptors (Lipinski definition) is 5. The maximum atomic E-state index is 11.5. The monoisotopic (exact) mass is 308 g/mol. The van der Waals surface area contributed by atoms with Crippen LogP contribution >= 0.6 is 23.4 Å². The number of nitrogens with zero attached hydrogens (tertiary/aromatic N) is 1. The number of fused-ring (bicyclic) bond motifs is 1. The summed E-state index contributed by atoms with van der Waals surface area (Å²) in [4.78, 5) is 30.0. The van der Waals surface area contributed by atoms with Crippen LogP contribution in [0.25, 0.3) is 0 Å². The van der Waals surface area contributed by atoms with Gasteiger partial charge >= 0.3 is 0 Å². The molecule has 1 aromatic carbocycles. The van der Waals surface area contributed by atoms with Crippen LogP contribution in [0.15, 0.2) is 39.2 Å². The normalized spacial score (nSPS) is 16.9. The van der Waals surface area contributed by atoms with Crippen molar-refractivity contribution in [2.75, 3.05) is 5.32 Å². The van der Waals surface area contributed by atoms with Gasteiger partial charge in [0.15, 0.2) is 5.16 Å². The van der Waals surface area contributed by atoms with Crippen molar-refractivity contribution in [2.24, 2.45) is 5.73 Å². The van der Waals surface area contributed by atoms with Crippen LogP contribution in [0.4, 0.5) is 5.69 Å². The zero-order valence-electron chi connectivity index (χ0n) is 10.0. The van der Waals surface area contributed by atoms with E-state index in [9.17, 15) is 9.59 Å². The maximum Gasteiger partial charge on any atom is 0.251 e. The van der Waals surface area contributed by atoms with Crippen LogP contribution in [-0.4, -0.2) is 15.9 Å². The van der Waals surface area contributed by atoms with E-state index in [1.54, 1.807) is 12.1 Å². The molecule has 0 bridgehead atoms. The van der Waals surface area contributed by atoms with Crippen LogP contribution in [0.5, 0.6) is 0 Å². The number of benzene rings is 1. The van der Waals surface area contributed by atoms with Gasteiger partial charge in [-0.05, 0) is 12.1 Å². The first-order valence-electron chi connectivity index (χ1n) is 5.67. The van der Waals surface area contributed by atoms with Gasteiger partial charge < -0.3 is 16.0 Å². The molecular formula is C12H9ClN4O2S. The molecule has 6 nitrogen and oxygen atoms in total. The fourth-order valence-corrected chi connectivity index (χ4v) is 2.97. The molecule has 0 saturated heterocycles. The highest BCUT2D eigenvalue weighted by Crippen LogP contribution is 2.39. The zero-order valence-corrected chi connectivity index (χ0v) is 11.6. The molecule has 2 heterocycles. The van der Waals surface area contributed by atoms with Gasteiger partial charge in [0.05, 0.1) is 5.02 Å². The Kier molecular flexibility index (Phi) is 3.25. The Morgan fingerprint density at radius 1 is 1.35 bits per heavy atom. The topological polar surface area (TPSA) is 101 Å².